The Morgan fingerprint density at radius 1 is 1.38 bits per heavy atom. The molecule has 0 radical (unpaired) electrons. The van der Waals surface area contributed by atoms with Gasteiger partial charge in [0.15, 0.2) is 0 Å². The summed E-state index contributed by atoms with van der Waals surface area (Å²) in [6.07, 6.45) is 5.34. The molecule has 0 heterocycles. The van der Waals surface area contributed by atoms with Crippen LogP contribution < -0.4 is 5.73 Å². The van der Waals surface area contributed by atoms with Crippen molar-refractivity contribution in [2.75, 3.05) is 6.54 Å². The molecule has 0 bridgehead atoms. The van der Waals surface area contributed by atoms with Crippen LogP contribution in [-0.2, 0) is 4.79 Å². The third-order valence-electron chi connectivity index (χ3n) is 3.88. The Hall–Kier alpha value is -0.570. The van der Waals surface area contributed by atoms with E-state index in [1.54, 1.807) is 0 Å². The first-order valence-corrected chi connectivity index (χ1v) is 6.67. The largest absolute Gasteiger partial charge is 0.340 e. The van der Waals surface area contributed by atoms with Crippen molar-refractivity contribution < 1.29 is 4.79 Å². The van der Waals surface area contributed by atoms with Crippen molar-refractivity contribution in [1.82, 2.24) is 4.90 Å². The van der Waals surface area contributed by atoms with Crippen molar-refractivity contribution in [3.8, 4) is 0 Å². The van der Waals surface area contributed by atoms with Crippen LogP contribution >= 0.6 is 0 Å². The third-order valence-corrected chi connectivity index (χ3v) is 3.88. The van der Waals surface area contributed by atoms with Crippen LogP contribution in [0.2, 0.25) is 0 Å². The van der Waals surface area contributed by atoms with E-state index in [-0.39, 0.29) is 17.9 Å². The summed E-state index contributed by atoms with van der Waals surface area (Å²) in [5.74, 6) is 0.353. The molecule has 0 aromatic heterocycles. The molecule has 0 aromatic rings. The van der Waals surface area contributed by atoms with E-state index in [0.29, 0.717) is 6.04 Å². The molecule has 1 fully saturated rings. The van der Waals surface area contributed by atoms with Gasteiger partial charge in [-0.25, -0.2) is 0 Å². The minimum atomic E-state index is 0.0719. The summed E-state index contributed by atoms with van der Waals surface area (Å²) in [4.78, 5) is 14.4. The topological polar surface area (TPSA) is 46.3 Å². The van der Waals surface area contributed by atoms with Gasteiger partial charge < -0.3 is 10.6 Å². The summed E-state index contributed by atoms with van der Waals surface area (Å²) >= 11 is 0. The Labute approximate surface area is 99.4 Å². The molecule has 0 aromatic carbocycles. The minimum Gasteiger partial charge on any atom is -0.340 e. The Morgan fingerprint density at radius 3 is 2.50 bits per heavy atom. The summed E-state index contributed by atoms with van der Waals surface area (Å²) in [6, 6.07) is 0.422. The quantitative estimate of drug-likeness (QED) is 0.798. The van der Waals surface area contributed by atoms with Gasteiger partial charge in [-0.05, 0) is 33.1 Å². The van der Waals surface area contributed by atoms with Crippen LogP contribution in [0.25, 0.3) is 0 Å². The highest BCUT2D eigenvalue weighted by Crippen LogP contribution is 2.25. The fourth-order valence-corrected chi connectivity index (χ4v) is 2.58. The minimum absolute atomic E-state index is 0.0719. The second-order valence-electron chi connectivity index (χ2n) is 4.94. The molecule has 1 rings (SSSR count). The molecule has 3 atom stereocenters. The highest BCUT2D eigenvalue weighted by molar-refractivity contribution is 5.80. The van der Waals surface area contributed by atoms with Crippen LogP contribution in [0.1, 0.15) is 52.9 Å². The molecule has 0 saturated heterocycles. The normalized spacial score (nSPS) is 27.5. The van der Waals surface area contributed by atoms with Gasteiger partial charge in [0, 0.05) is 18.6 Å². The number of hydrogen-bond donors (Lipinski definition) is 1. The number of carbonyl (C=O) groups excluding carboxylic acids is 1. The number of rotatable bonds is 4. The van der Waals surface area contributed by atoms with E-state index in [1.165, 1.54) is 6.42 Å². The predicted molar refractivity (Wildman–Crippen MR) is 67.1 cm³/mol. The Kier molecular flexibility index (Phi) is 5.26. The summed E-state index contributed by atoms with van der Waals surface area (Å²) in [5, 5.41) is 0. The van der Waals surface area contributed by atoms with Crippen molar-refractivity contribution in [1.29, 1.82) is 0 Å². The van der Waals surface area contributed by atoms with E-state index < -0.39 is 0 Å². The highest BCUT2D eigenvalue weighted by Gasteiger charge is 2.32. The molecule has 3 heteroatoms. The lowest BCUT2D eigenvalue weighted by molar-refractivity contribution is -0.139. The molecule has 3 unspecified atom stereocenters. The summed E-state index contributed by atoms with van der Waals surface area (Å²) in [5.41, 5.74) is 6.07. The van der Waals surface area contributed by atoms with Crippen LogP contribution in [0.4, 0.5) is 0 Å². The van der Waals surface area contributed by atoms with Gasteiger partial charge >= 0.3 is 0 Å². The number of hydrogen-bond acceptors (Lipinski definition) is 2. The van der Waals surface area contributed by atoms with E-state index >= 15 is 0 Å². The zero-order chi connectivity index (χ0) is 12.1. The van der Waals surface area contributed by atoms with E-state index in [0.717, 1.165) is 32.2 Å². The van der Waals surface area contributed by atoms with E-state index in [9.17, 15) is 4.79 Å². The number of nitrogens with two attached hydrogens (primary N) is 1. The van der Waals surface area contributed by atoms with Crippen LogP contribution in [-0.4, -0.2) is 29.4 Å². The van der Waals surface area contributed by atoms with Gasteiger partial charge in [-0.2, -0.15) is 0 Å². The van der Waals surface area contributed by atoms with Crippen LogP contribution in [0.15, 0.2) is 0 Å². The Balaban J connectivity index is 2.66. The monoisotopic (exact) mass is 226 g/mol. The van der Waals surface area contributed by atoms with Crippen LogP contribution in [0, 0.1) is 5.92 Å². The molecule has 2 N–H and O–H groups in total. The average Bonchev–Trinajstić information content (AvgIpc) is 2.30. The fraction of sp³-hybridized carbons (Fsp3) is 0.923. The summed E-state index contributed by atoms with van der Waals surface area (Å²) < 4.78 is 0. The van der Waals surface area contributed by atoms with Crippen LogP contribution in [0.3, 0.4) is 0 Å². The third kappa shape index (κ3) is 2.97. The van der Waals surface area contributed by atoms with Gasteiger partial charge in [-0.1, -0.05) is 19.8 Å². The fourth-order valence-electron chi connectivity index (χ4n) is 2.58. The van der Waals surface area contributed by atoms with Gasteiger partial charge in [0.2, 0.25) is 5.91 Å². The lowest BCUT2D eigenvalue weighted by Gasteiger charge is -2.35. The molecule has 1 aliphatic rings. The van der Waals surface area contributed by atoms with Gasteiger partial charge in [-0.15, -0.1) is 0 Å². The molecule has 1 aliphatic carbocycles. The highest BCUT2D eigenvalue weighted by atomic mass is 16.2. The molecule has 16 heavy (non-hydrogen) atoms. The Morgan fingerprint density at radius 2 is 2.00 bits per heavy atom. The number of nitrogens with zero attached hydrogens (tertiary/aromatic N) is 1. The van der Waals surface area contributed by atoms with Crippen molar-refractivity contribution in [3.05, 3.63) is 0 Å². The average molecular weight is 226 g/mol. The van der Waals surface area contributed by atoms with Gasteiger partial charge in [-0.3, -0.25) is 4.79 Å². The first-order chi connectivity index (χ1) is 7.61. The predicted octanol–water partition coefficient (Wildman–Crippen LogP) is 2.15. The van der Waals surface area contributed by atoms with Crippen molar-refractivity contribution in [2.24, 2.45) is 11.7 Å². The van der Waals surface area contributed by atoms with Crippen molar-refractivity contribution in [2.45, 2.75) is 65.0 Å². The van der Waals surface area contributed by atoms with Gasteiger partial charge in [0.25, 0.3) is 0 Å². The number of carbonyl (C=O) groups is 1. The van der Waals surface area contributed by atoms with Crippen molar-refractivity contribution >= 4 is 5.91 Å². The molecule has 1 saturated carbocycles. The maximum Gasteiger partial charge on any atom is 0.227 e. The maximum atomic E-state index is 12.4. The molecule has 1 amide bonds. The smallest absolute Gasteiger partial charge is 0.227 e. The summed E-state index contributed by atoms with van der Waals surface area (Å²) in [6.45, 7) is 7.10. The molecule has 94 valence electrons. The summed E-state index contributed by atoms with van der Waals surface area (Å²) in [7, 11) is 0. The first kappa shape index (κ1) is 13.5. The number of amides is 1. The van der Waals surface area contributed by atoms with E-state index in [4.69, 9.17) is 5.73 Å². The molecule has 3 nitrogen and oxygen atoms in total. The standard InChI is InChI=1S/C13H26N2O/c1-4-10(3)15(5-2)13(16)11-8-6-7-9-12(11)14/h10-12H,4-9,14H2,1-3H3. The van der Waals surface area contributed by atoms with Crippen LogP contribution in [0.5, 0.6) is 0 Å². The molecule has 0 spiro atoms. The second kappa shape index (κ2) is 6.24. The zero-order valence-corrected chi connectivity index (χ0v) is 10.9. The lowest BCUT2D eigenvalue weighted by atomic mass is 9.84. The zero-order valence-electron chi connectivity index (χ0n) is 10.9. The second-order valence-corrected chi connectivity index (χ2v) is 4.94. The SMILES string of the molecule is CCC(C)N(CC)C(=O)C1CCCCC1N. The van der Waals surface area contributed by atoms with E-state index in [2.05, 4.69) is 20.8 Å². The molecular formula is C13H26N2O. The van der Waals surface area contributed by atoms with Gasteiger partial charge in [0.1, 0.15) is 0 Å². The van der Waals surface area contributed by atoms with E-state index in [1.807, 2.05) is 4.90 Å². The van der Waals surface area contributed by atoms with Crippen molar-refractivity contribution in [3.63, 3.8) is 0 Å². The maximum absolute atomic E-state index is 12.4. The molecule has 0 aliphatic heterocycles. The first-order valence-electron chi connectivity index (χ1n) is 6.67. The molecular weight excluding hydrogens is 200 g/mol. The Bertz CT molecular complexity index is 222. The lowest BCUT2D eigenvalue weighted by Crippen LogP contribution is -2.48. The van der Waals surface area contributed by atoms with Gasteiger partial charge in [0.05, 0.1) is 5.92 Å².